The van der Waals surface area contributed by atoms with Crippen molar-refractivity contribution in [3.63, 3.8) is 0 Å². The second kappa shape index (κ2) is 5.30. The van der Waals surface area contributed by atoms with E-state index in [9.17, 15) is 0 Å². The van der Waals surface area contributed by atoms with Gasteiger partial charge in [-0.2, -0.15) is 0 Å². The Labute approximate surface area is 97.7 Å². The molecule has 0 aromatic carbocycles. The fourth-order valence-electron chi connectivity index (χ4n) is 2.25. The largest absolute Gasteiger partial charge is 0.370 e. The van der Waals surface area contributed by atoms with E-state index >= 15 is 0 Å². The lowest BCUT2D eigenvalue weighted by Crippen LogP contribution is -2.24. The molecule has 3 nitrogen and oxygen atoms in total. The lowest BCUT2D eigenvalue weighted by atomic mass is 10.0. The van der Waals surface area contributed by atoms with Crippen molar-refractivity contribution in [2.75, 3.05) is 18.0 Å². The number of anilines is 1. The van der Waals surface area contributed by atoms with Gasteiger partial charge in [-0.3, -0.25) is 4.98 Å². The van der Waals surface area contributed by atoms with Crippen LogP contribution >= 0.6 is 0 Å². The highest BCUT2D eigenvalue weighted by atomic mass is 15.1. The van der Waals surface area contributed by atoms with Crippen molar-refractivity contribution in [3.05, 3.63) is 24.0 Å². The van der Waals surface area contributed by atoms with E-state index in [1.807, 2.05) is 12.3 Å². The average molecular weight is 219 g/mol. The van der Waals surface area contributed by atoms with E-state index in [1.54, 1.807) is 0 Å². The van der Waals surface area contributed by atoms with Crippen LogP contribution in [0.4, 0.5) is 5.69 Å². The maximum Gasteiger partial charge on any atom is 0.0552 e. The van der Waals surface area contributed by atoms with Gasteiger partial charge in [0.15, 0.2) is 0 Å². The van der Waals surface area contributed by atoms with Crippen LogP contribution in [0.1, 0.15) is 31.9 Å². The number of hydrogen-bond acceptors (Lipinski definition) is 3. The van der Waals surface area contributed by atoms with Gasteiger partial charge in [0, 0.05) is 19.6 Å². The molecule has 1 aliphatic rings. The number of nitrogens with two attached hydrogens (primary N) is 1. The van der Waals surface area contributed by atoms with Crippen LogP contribution in [0.2, 0.25) is 0 Å². The van der Waals surface area contributed by atoms with Crippen molar-refractivity contribution in [1.29, 1.82) is 0 Å². The van der Waals surface area contributed by atoms with Crippen molar-refractivity contribution in [3.8, 4) is 0 Å². The van der Waals surface area contributed by atoms with Gasteiger partial charge in [0.1, 0.15) is 0 Å². The first kappa shape index (κ1) is 11.4. The van der Waals surface area contributed by atoms with Crippen LogP contribution in [0.5, 0.6) is 0 Å². The van der Waals surface area contributed by atoms with Crippen LogP contribution in [0.25, 0.3) is 0 Å². The standard InChI is InChI=1S/C13H21N3/c1-11-3-2-7-16(8-6-11)13-5-4-12(9-14)15-10-13/h4-5,10-11H,2-3,6-9,14H2,1H3. The van der Waals surface area contributed by atoms with Crippen molar-refractivity contribution < 1.29 is 0 Å². The molecule has 1 fully saturated rings. The fourth-order valence-corrected chi connectivity index (χ4v) is 2.25. The van der Waals surface area contributed by atoms with Crippen LogP contribution in [0.3, 0.4) is 0 Å². The minimum Gasteiger partial charge on any atom is -0.370 e. The number of hydrogen-bond donors (Lipinski definition) is 1. The van der Waals surface area contributed by atoms with Crippen LogP contribution in [-0.2, 0) is 6.54 Å². The maximum absolute atomic E-state index is 5.55. The summed E-state index contributed by atoms with van der Waals surface area (Å²) in [5.74, 6) is 0.862. The topological polar surface area (TPSA) is 42.1 Å². The van der Waals surface area contributed by atoms with E-state index in [0.29, 0.717) is 6.54 Å². The molecular formula is C13H21N3. The number of aromatic nitrogens is 1. The molecule has 0 radical (unpaired) electrons. The molecule has 0 spiro atoms. The summed E-state index contributed by atoms with van der Waals surface area (Å²) in [6.07, 6.45) is 5.89. The molecule has 88 valence electrons. The van der Waals surface area contributed by atoms with Crippen LogP contribution in [0.15, 0.2) is 18.3 Å². The van der Waals surface area contributed by atoms with Gasteiger partial charge in [0.2, 0.25) is 0 Å². The molecule has 16 heavy (non-hydrogen) atoms. The third-order valence-corrected chi connectivity index (χ3v) is 3.40. The van der Waals surface area contributed by atoms with Gasteiger partial charge in [0.05, 0.1) is 17.6 Å². The van der Waals surface area contributed by atoms with E-state index < -0.39 is 0 Å². The highest BCUT2D eigenvalue weighted by molar-refractivity contribution is 5.44. The zero-order valence-electron chi connectivity index (χ0n) is 10.0. The number of pyridine rings is 1. The first-order chi connectivity index (χ1) is 7.79. The predicted molar refractivity (Wildman–Crippen MR) is 67.4 cm³/mol. The molecule has 1 aromatic heterocycles. The first-order valence-corrected chi connectivity index (χ1v) is 6.19. The van der Waals surface area contributed by atoms with Gasteiger partial charge in [-0.05, 0) is 37.3 Å². The lowest BCUT2D eigenvalue weighted by molar-refractivity contribution is 0.521. The summed E-state index contributed by atoms with van der Waals surface area (Å²) in [5.41, 5.74) is 7.75. The van der Waals surface area contributed by atoms with Crippen LogP contribution in [0, 0.1) is 5.92 Å². The third-order valence-electron chi connectivity index (χ3n) is 3.40. The Morgan fingerprint density at radius 2 is 2.25 bits per heavy atom. The Hall–Kier alpha value is -1.09. The first-order valence-electron chi connectivity index (χ1n) is 6.19. The molecule has 0 amide bonds. The minimum atomic E-state index is 0.525. The molecule has 2 N–H and O–H groups in total. The molecule has 1 aliphatic heterocycles. The molecular weight excluding hydrogens is 198 g/mol. The molecule has 2 heterocycles. The molecule has 1 atom stereocenters. The highest BCUT2D eigenvalue weighted by Crippen LogP contribution is 2.21. The van der Waals surface area contributed by atoms with Crippen molar-refractivity contribution in [2.45, 2.75) is 32.7 Å². The molecule has 0 bridgehead atoms. The van der Waals surface area contributed by atoms with E-state index in [1.165, 1.54) is 24.9 Å². The van der Waals surface area contributed by atoms with Gasteiger partial charge < -0.3 is 10.6 Å². The average Bonchev–Trinajstić information content (AvgIpc) is 2.54. The molecule has 2 rings (SSSR count). The fraction of sp³-hybridized carbons (Fsp3) is 0.615. The summed E-state index contributed by atoms with van der Waals surface area (Å²) in [7, 11) is 0. The van der Waals surface area contributed by atoms with Gasteiger partial charge in [-0.25, -0.2) is 0 Å². The normalized spacial score (nSPS) is 21.9. The molecule has 0 saturated carbocycles. The number of rotatable bonds is 2. The zero-order valence-corrected chi connectivity index (χ0v) is 10.0. The second-order valence-corrected chi connectivity index (χ2v) is 4.73. The lowest BCUT2D eigenvalue weighted by Gasteiger charge is -2.22. The summed E-state index contributed by atoms with van der Waals surface area (Å²) < 4.78 is 0. The maximum atomic E-state index is 5.55. The van der Waals surface area contributed by atoms with Crippen molar-refractivity contribution in [1.82, 2.24) is 4.98 Å². The number of nitrogens with zero attached hydrogens (tertiary/aromatic N) is 2. The van der Waals surface area contributed by atoms with Crippen LogP contribution in [-0.4, -0.2) is 18.1 Å². The Morgan fingerprint density at radius 3 is 2.94 bits per heavy atom. The van der Waals surface area contributed by atoms with Crippen molar-refractivity contribution >= 4 is 5.69 Å². The van der Waals surface area contributed by atoms with E-state index in [-0.39, 0.29) is 0 Å². The Bertz CT molecular complexity index is 320. The zero-order chi connectivity index (χ0) is 11.4. The second-order valence-electron chi connectivity index (χ2n) is 4.73. The van der Waals surface area contributed by atoms with E-state index in [0.717, 1.165) is 24.7 Å². The van der Waals surface area contributed by atoms with Crippen LogP contribution < -0.4 is 10.6 Å². The molecule has 1 aromatic rings. The molecule has 1 unspecified atom stereocenters. The minimum absolute atomic E-state index is 0.525. The summed E-state index contributed by atoms with van der Waals surface area (Å²) >= 11 is 0. The van der Waals surface area contributed by atoms with Gasteiger partial charge >= 0.3 is 0 Å². The molecule has 1 saturated heterocycles. The SMILES string of the molecule is CC1CCCN(c2ccc(CN)nc2)CC1. The van der Waals surface area contributed by atoms with Crippen molar-refractivity contribution in [2.24, 2.45) is 11.7 Å². The summed E-state index contributed by atoms with van der Waals surface area (Å²) in [6.45, 7) is 5.19. The third kappa shape index (κ3) is 2.73. The Morgan fingerprint density at radius 1 is 1.38 bits per heavy atom. The monoisotopic (exact) mass is 219 g/mol. The quantitative estimate of drug-likeness (QED) is 0.829. The highest BCUT2D eigenvalue weighted by Gasteiger charge is 2.14. The van der Waals surface area contributed by atoms with Gasteiger partial charge in [-0.1, -0.05) is 6.92 Å². The molecule has 0 aliphatic carbocycles. The van der Waals surface area contributed by atoms with E-state index in [4.69, 9.17) is 5.73 Å². The Kier molecular flexibility index (Phi) is 3.78. The summed E-state index contributed by atoms with van der Waals surface area (Å²) in [4.78, 5) is 6.80. The van der Waals surface area contributed by atoms with E-state index in [2.05, 4.69) is 22.9 Å². The molecule has 3 heteroatoms. The predicted octanol–water partition coefficient (Wildman–Crippen LogP) is 2.17. The van der Waals surface area contributed by atoms with Gasteiger partial charge in [-0.15, -0.1) is 0 Å². The summed E-state index contributed by atoms with van der Waals surface area (Å²) in [6, 6.07) is 4.18. The Balaban J connectivity index is 2.04. The van der Waals surface area contributed by atoms with Gasteiger partial charge in [0.25, 0.3) is 0 Å². The summed E-state index contributed by atoms with van der Waals surface area (Å²) in [5, 5.41) is 0. The smallest absolute Gasteiger partial charge is 0.0552 e.